The van der Waals surface area contributed by atoms with Crippen molar-refractivity contribution in [2.75, 3.05) is 20.3 Å². The van der Waals surface area contributed by atoms with Crippen molar-refractivity contribution in [2.45, 2.75) is 12.8 Å². The van der Waals surface area contributed by atoms with Crippen LogP contribution in [0.1, 0.15) is 33.8 Å². The quantitative estimate of drug-likeness (QED) is 0.698. The first kappa shape index (κ1) is 13.2. The van der Waals surface area contributed by atoms with Crippen molar-refractivity contribution in [2.24, 2.45) is 0 Å². The van der Waals surface area contributed by atoms with Gasteiger partial charge in [-0.2, -0.15) is 0 Å². The van der Waals surface area contributed by atoms with Crippen LogP contribution in [-0.4, -0.2) is 37.2 Å². The second-order valence-electron chi connectivity index (χ2n) is 3.46. The van der Waals surface area contributed by atoms with Gasteiger partial charge >= 0.3 is 5.97 Å². The molecule has 0 atom stereocenters. The zero-order chi connectivity index (χ0) is 12.7. The Kier molecular flexibility index (Phi) is 5.22. The number of rotatable bonds is 7. The summed E-state index contributed by atoms with van der Waals surface area (Å²) in [4.78, 5) is 22.0. The standard InChI is InChI=1S/C11H15NO5/c1-16-5-3-2-4-12-10(13)9-6-8(7-17-9)11(14)15/h6-7H,2-5H2,1H3,(H,12,13)(H,14,15). The lowest BCUT2D eigenvalue weighted by molar-refractivity contribution is 0.0696. The van der Waals surface area contributed by atoms with E-state index in [4.69, 9.17) is 14.3 Å². The molecule has 0 spiro atoms. The number of nitrogens with one attached hydrogen (secondary N) is 1. The fourth-order valence-corrected chi connectivity index (χ4v) is 1.23. The average molecular weight is 241 g/mol. The van der Waals surface area contributed by atoms with Gasteiger partial charge in [0.05, 0.1) is 5.56 Å². The lowest BCUT2D eigenvalue weighted by Crippen LogP contribution is -2.24. The van der Waals surface area contributed by atoms with Crippen molar-refractivity contribution in [3.05, 3.63) is 23.7 Å². The zero-order valence-electron chi connectivity index (χ0n) is 9.56. The maximum absolute atomic E-state index is 11.5. The Morgan fingerprint density at radius 2 is 2.24 bits per heavy atom. The van der Waals surface area contributed by atoms with Crippen LogP contribution in [0.4, 0.5) is 0 Å². The predicted octanol–water partition coefficient (Wildman–Crippen LogP) is 1.13. The van der Waals surface area contributed by atoms with E-state index in [-0.39, 0.29) is 11.3 Å². The highest BCUT2D eigenvalue weighted by Crippen LogP contribution is 2.07. The second kappa shape index (κ2) is 6.70. The van der Waals surface area contributed by atoms with E-state index < -0.39 is 11.9 Å². The van der Waals surface area contributed by atoms with Crippen LogP contribution in [0, 0.1) is 0 Å². The number of hydrogen-bond donors (Lipinski definition) is 2. The van der Waals surface area contributed by atoms with E-state index in [2.05, 4.69) is 5.32 Å². The summed E-state index contributed by atoms with van der Waals surface area (Å²) in [6, 6.07) is 1.20. The normalized spacial score (nSPS) is 10.2. The van der Waals surface area contributed by atoms with Crippen LogP contribution in [-0.2, 0) is 4.74 Å². The molecule has 0 aliphatic heterocycles. The molecule has 0 fully saturated rings. The molecule has 1 aromatic rings. The summed E-state index contributed by atoms with van der Waals surface area (Å²) in [6.07, 6.45) is 2.70. The summed E-state index contributed by atoms with van der Waals surface area (Å²) in [6.45, 7) is 1.16. The molecule has 17 heavy (non-hydrogen) atoms. The van der Waals surface area contributed by atoms with Gasteiger partial charge < -0.3 is 19.6 Å². The van der Waals surface area contributed by atoms with Gasteiger partial charge in [-0.05, 0) is 12.8 Å². The number of hydrogen-bond acceptors (Lipinski definition) is 4. The van der Waals surface area contributed by atoms with E-state index in [1.807, 2.05) is 0 Å². The molecule has 0 aromatic carbocycles. The van der Waals surface area contributed by atoms with Crippen molar-refractivity contribution in [1.82, 2.24) is 5.32 Å². The van der Waals surface area contributed by atoms with Crippen molar-refractivity contribution in [1.29, 1.82) is 0 Å². The molecule has 0 aliphatic carbocycles. The Hall–Kier alpha value is -1.82. The van der Waals surface area contributed by atoms with Crippen LogP contribution in [0.25, 0.3) is 0 Å². The third kappa shape index (κ3) is 4.28. The molecule has 6 nitrogen and oxygen atoms in total. The summed E-state index contributed by atoms with van der Waals surface area (Å²) >= 11 is 0. The van der Waals surface area contributed by atoms with Gasteiger partial charge in [0, 0.05) is 26.3 Å². The lowest BCUT2D eigenvalue weighted by atomic mass is 10.3. The molecule has 0 unspecified atom stereocenters. The van der Waals surface area contributed by atoms with Crippen molar-refractivity contribution < 1.29 is 23.8 Å². The molecule has 0 aliphatic rings. The van der Waals surface area contributed by atoms with Gasteiger partial charge in [-0.1, -0.05) is 0 Å². The highest BCUT2D eigenvalue weighted by Gasteiger charge is 2.13. The number of carbonyl (C=O) groups is 2. The highest BCUT2D eigenvalue weighted by atomic mass is 16.5. The van der Waals surface area contributed by atoms with Gasteiger partial charge in [0.15, 0.2) is 5.76 Å². The summed E-state index contributed by atoms with van der Waals surface area (Å²) in [5.74, 6) is -1.52. The van der Waals surface area contributed by atoms with E-state index in [9.17, 15) is 9.59 Å². The summed E-state index contributed by atoms with van der Waals surface area (Å²) in [5, 5.41) is 11.3. The molecule has 0 saturated heterocycles. The van der Waals surface area contributed by atoms with Crippen LogP contribution in [0.15, 0.2) is 16.7 Å². The number of furan rings is 1. The Morgan fingerprint density at radius 3 is 2.82 bits per heavy atom. The topological polar surface area (TPSA) is 88.8 Å². The van der Waals surface area contributed by atoms with Crippen LogP contribution in [0.2, 0.25) is 0 Å². The summed E-state index contributed by atoms with van der Waals surface area (Å²) in [5.41, 5.74) is -0.0328. The molecular weight excluding hydrogens is 226 g/mol. The number of methoxy groups -OCH3 is 1. The molecular formula is C11H15NO5. The molecule has 0 radical (unpaired) electrons. The fraction of sp³-hybridized carbons (Fsp3) is 0.455. The number of unbranched alkanes of at least 4 members (excludes halogenated alkanes) is 1. The first-order valence-electron chi connectivity index (χ1n) is 5.24. The summed E-state index contributed by atoms with van der Waals surface area (Å²) < 4.78 is 9.72. The first-order chi connectivity index (χ1) is 8.15. The van der Waals surface area contributed by atoms with Gasteiger partial charge in [-0.25, -0.2) is 4.79 Å². The van der Waals surface area contributed by atoms with Crippen LogP contribution in [0.3, 0.4) is 0 Å². The molecule has 1 amide bonds. The number of carboxylic acids is 1. The number of carbonyl (C=O) groups excluding carboxylic acids is 1. The van der Waals surface area contributed by atoms with Crippen LogP contribution in [0.5, 0.6) is 0 Å². The Morgan fingerprint density at radius 1 is 1.47 bits per heavy atom. The number of amides is 1. The molecule has 6 heteroatoms. The van der Waals surface area contributed by atoms with Crippen molar-refractivity contribution in [3.8, 4) is 0 Å². The van der Waals surface area contributed by atoms with Crippen LogP contribution < -0.4 is 5.32 Å². The van der Waals surface area contributed by atoms with Gasteiger partial charge in [0.25, 0.3) is 5.91 Å². The monoisotopic (exact) mass is 241 g/mol. The third-order valence-electron chi connectivity index (χ3n) is 2.13. The molecule has 94 valence electrons. The van der Waals surface area contributed by atoms with E-state index in [0.717, 1.165) is 19.1 Å². The minimum atomic E-state index is -1.12. The molecule has 1 aromatic heterocycles. The van der Waals surface area contributed by atoms with Gasteiger partial charge in [0.2, 0.25) is 0 Å². The average Bonchev–Trinajstić information content (AvgIpc) is 2.78. The predicted molar refractivity (Wildman–Crippen MR) is 59.1 cm³/mol. The zero-order valence-corrected chi connectivity index (χ0v) is 9.56. The van der Waals surface area contributed by atoms with Gasteiger partial charge in [-0.3, -0.25) is 4.79 Å². The smallest absolute Gasteiger partial charge is 0.338 e. The van der Waals surface area contributed by atoms with Gasteiger partial charge in [-0.15, -0.1) is 0 Å². The molecule has 1 heterocycles. The minimum absolute atomic E-state index is 0.00846. The molecule has 1 rings (SSSR count). The Bertz CT molecular complexity index is 385. The first-order valence-corrected chi connectivity index (χ1v) is 5.24. The lowest BCUT2D eigenvalue weighted by Gasteiger charge is -2.02. The second-order valence-corrected chi connectivity index (χ2v) is 3.46. The molecule has 0 bridgehead atoms. The maximum atomic E-state index is 11.5. The van der Waals surface area contributed by atoms with Crippen molar-refractivity contribution in [3.63, 3.8) is 0 Å². The van der Waals surface area contributed by atoms with Crippen LogP contribution >= 0.6 is 0 Å². The van der Waals surface area contributed by atoms with E-state index >= 15 is 0 Å². The summed E-state index contributed by atoms with van der Waals surface area (Å²) in [7, 11) is 1.62. The number of carboxylic acid groups (broad SMARTS) is 1. The maximum Gasteiger partial charge on any atom is 0.338 e. The fourth-order valence-electron chi connectivity index (χ4n) is 1.23. The van der Waals surface area contributed by atoms with Gasteiger partial charge in [0.1, 0.15) is 6.26 Å². The number of aromatic carboxylic acids is 1. The SMILES string of the molecule is COCCCCNC(=O)c1cc(C(=O)O)co1. The minimum Gasteiger partial charge on any atom is -0.478 e. The van der Waals surface area contributed by atoms with Crippen molar-refractivity contribution >= 4 is 11.9 Å². The van der Waals surface area contributed by atoms with E-state index in [0.29, 0.717) is 13.2 Å². The highest BCUT2D eigenvalue weighted by molar-refractivity contribution is 5.95. The number of ether oxygens (including phenoxy) is 1. The Balaban J connectivity index is 2.34. The van der Waals surface area contributed by atoms with E-state index in [1.165, 1.54) is 6.07 Å². The molecule has 0 saturated carbocycles. The largest absolute Gasteiger partial charge is 0.478 e. The van der Waals surface area contributed by atoms with E-state index in [1.54, 1.807) is 7.11 Å². The Labute approximate surface area is 98.6 Å². The third-order valence-corrected chi connectivity index (χ3v) is 2.13. The molecule has 2 N–H and O–H groups in total.